The molecule has 0 aliphatic carbocycles. The average Bonchev–Trinajstić information content (AvgIpc) is 2.87. The zero-order valence-electron chi connectivity index (χ0n) is 16.4. The van der Waals surface area contributed by atoms with Gasteiger partial charge in [0.25, 0.3) is 0 Å². The summed E-state index contributed by atoms with van der Waals surface area (Å²) in [5.41, 5.74) is 0.440. The van der Waals surface area contributed by atoms with Gasteiger partial charge in [-0.2, -0.15) is 0 Å². The Morgan fingerprint density at radius 2 is 1.82 bits per heavy atom. The van der Waals surface area contributed by atoms with Crippen LogP contribution in [0.25, 0.3) is 0 Å². The van der Waals surface area contributed by atoms with Crippen LogP contribution in [0, 0.1) is 0 Å². The monoisotopic (exact) mass is 405 g/mol. The van der Waals surface area contributed by atoms with Crippen molar-refractivity contribution in [3.05, 3.63) is 29.3 Å². The third-order valence-corrected chi connectivity index (χ3v) is 6.72. The van der Waals surface area contributed by atoms with Gasteiger partial charge in [0.05, 0.1) is 6.54 Å². The highest BCUT2D eigenvalue weighted by Crippen LogP contribution is 2.36. The van der Waals surface area contributed by atoms with Gasteiger partial charge in [0.15, 0.2) is 0 Å². The second-order valence-electron chi connectivity index (χ2n) is 8.24. The number of carbonyl (C=O) groups excluding carboxylic acids is 2. The molecule has 0 radical (unpaired) electrons. The number of nitrogens with zero attached hydrogens (tertiary/aromatic N) is 3. The van der Waals surface area contributed by atoms with E-state index < -0.39 is 5.60 Å². The summed E-state index contributed by atoms with van der Waals surface area (Å²) in [4.78, 5) is 30.3. The first kappa shape index (κ1) is 19.5. The number of benzene rings is 1. The fourth-order valence-electron chi connectivity index (χ4n) is 4.80. The molecule has 1 atom stereocenters. The Morgan fingerprint density at radius 3 is 2.50 bits per heavy atom. The lowest BCUT2D eigenvalue weighted by Gasteiger charge is -2.38. The van der Waals surface area contributed by atoms with Gasteiger partial charge < -0.3 is 14.5 Å². The lowest BCUT2D eigenvalue weighted by molar-refractivity contribution is -0.130. The fourth-order valence-corrected chi connectivity index (χ4v) is 4.93. The van der Waals surface area contributed by atoms with Gasteiger partial charge in [-0.1, -0.05) is 11.6 Å². The normalized spacial score (nSPS) is 27.1. The van der Waals surface area contributed by atoms with E-state index in [-0.39, 0.29) is 12.0 Å². The molecule has 0 N–H and O–H groups in total. The smallest absolute Gasteiger partial charge is 0.415 e. The molecule has 3 aliphatic heterocycles. The van der Waals surface area contributed by atoms with Crippen LogP contribution < -0.4 is 4.90 Å². The molecule has 0 bridgehead atoms. The highest BCUT2D eigenvalue weighted by Gasteiger charge is 2.46. The summed E-state index contributed by atoms with van der Waals surface area (Å²) >= 11 is 5.97. The van der Waals surface area contributed by atoms with E-state index in [0.717, 1.165) is 64.0 Å². The van der Waals surface area contributed by atoms with Crippen molar-refractivity contribution in [2.75, 3.05) is 37.6 Å². The van der Waals surface area contributed by atoms with Crippen molar-refractivity contribution in [3.63, 3.8) is 0 Å². The predicted molar refractivity (Wildman–Crippen MR) is 109 cm³/mol. The van der Waals surface area contributed by atoms with Crippen LogP contribution in [-0.4, -0.2) is 66.2 Å². The molecule has 1 unspecified atom stereocenters. The Labute approximate surface area is 171 Å². The quantitative estimate of drug-likeness (QED) is 0.755. The van der Waals surface area contributed by atoms with Crippen LogP contribution in [0.1, 0.15) is 39.0 Å². The summed E-state index contributed by atoms with van der Waals surface area (Å²) in [5.74, 6) is 0.174. The summed E-state index contributed by atoms with van der Waals surface area (Å²) in [6, 6.07) is 7.87. The minimum atomic E-state index is -0.397. The maximum atomic E-state index is 12.5. The van der Waals surface area contributed by atoms with Gasteiger partial charge in [-0.3, -0.25) is 9.69 Å². The molecule has 7 heteroatoms. The molecule has 3 fully saturated rings. The van der Waals surface area contributed by atoms with E-state index in [0.29, 0.717) is 17.6 Å². The van der Waals surface area contributed by atoms with Crippen LogP contribution >= 0.6 is 11.6 Å². The standard InChI is InChI=1S/C21H28ClN3O3/c1-16(26)23-12-7-18(8-13-23)24-11-2-9-21(10-14-24)15-25(20(27)28-21)19-5-3-17(22)4-6-19/h3-6,18H,2,7-15H2,1H3. The van der Waals surface area contributed by atoms with Gasteiger partial charge in [-0.15, -0.1) is 0 Å². The van der Waals surface area contributed by atoms with Crippen LogP contribution in [0.2, 0.25) is 5.02 Å². The molecule has 4 rings (SSSR count). The Kier molecular flexibility index (Phi) is 5.52. The third-order valence-electron chi connectivity index (χ3n) is 6.47. The second-order valence-corrected chi connectivity index (χ2v) is 8.68. The van der Waals surface area contributed by atoms with Crippen LogP contribution in [-0.2, 0) is 9.53 Å². The molecule has 2 amide bonds. The predicted octanol–water partition coefficient (Wildman–Crippen LogP) is 3.53. The number of ether oxygens (including phenoxy) is 1. The van der Waals surface area contributed by atoms with Crippen molar-refractivity contribution < 1.29 is 14.3 Å². The van der Waals surface area contributed by atoms with Gasteiger partial charge >= 0.3 is 6.09 Å². The van der Waals surface area contributed by atoms with Crippen molar-refractivity contribution in [1.82, 2.24) is 9.80 Å². The Bertz CT molecular complexity index is 733. The third kappa shape index (κ3) is 3.98. The maximum Gasteiger partial charge on any atom is 0.415 e. The van der Waals surface area contributed by atoms with Crippen molar-refractivity contribution >= 4 is 29.3 Å². The summed E-state index contributed by atoms with van der Waals surface area (Å²) in [6.45, 7) is 5.92. The highest BCUT2D eigenvalue weighted by atomic mass is 35.5. The number of hydrogen-bond acceptors (Lipinski definition) is 4. The van der Waals surface area contributed by atoms with E-state index in [4.69, 9.17) is 16.3 Å². The minimum absolute atomic E-state index is 0.174. The first-order valence-corrected chi connectivity index (χ1v) is 10.6. The van der Waals surface area contributed by atoms with Gasteiger partial charge in [0.2, 0.25) is 5.91 Å². The first-order chi connectivity index (χ1) is 13.5. The molecule has 1 aromatic carbocycles. The average molecular weight is 406 g/mol. The van der Waals surface area contributed by atoms with E-state index in [2.05, 4.69) is 4.90 Å². The zero-order chi connectivity index (χ0) is 19.7. The van der Waals surface area contributed by atoms with E-state index in [1.54, 1.807) is 24.0 Å². The van der Waals surface area contributed by atoms with E-state index >= 15 is 0 Å². The molecule has 1 aromatic rings. The minimum Gasteiger partial charge on any atom is -0.441 e. The molecule has 3 saturated heterocycles. The van der Waals surface area contributed by atoms with Crippen LogP contribution in [0.5, 0.6) is 0 Å². The molecule has 1 spiro atoms. The van der Waals surface area contributed by atoms with Gasteiger partial charge in [-0.25, -0.2) is 4.79 Å². The lowest BCUT2D eigenvalue weighted by Crippen LogP contribution is -2.47. The summed E-state index contributed by atoms with van der Waals surface area (Å²) in [7, 11) is 0. The van der Waals surface area contributed by atoms with Gasteiger partial charge in [0.1, 0.15) is 5.60 Å². The van der Waals surface area contributed by atoms with E-state index in [1.807, 2.05) is 17.0 Å². The van der Waals surface area contributed by atoms with Crippen molar-refractivity contribution in [1.29, 1.82) is 0 Å². The van der Waals surface area contributed by atoms with E-state index in [9.17, 15) is 9.59 Å². The molecule has 28 heavy (non-hydrogen) atoms. The number of piperidine rings is 1. The molecule has 6 nitrogen and oxygen atoms in total. The molecule has 3 aliphatic rings. The number of likely N-dealkylation sites (tertiary alicyclic amines) is 2. The molecular weight excluding hydrogens is 378 g/mol. The van der Waals surface area contributed by atoms with Gasteiger partial charge in [0, 0.05) is 49.7 Å². The number of halogens is 1. The number of carbonyl (C=O) groups is 2. The Hall–Kier alpha value is -1.79. The summed E-state index contributed by atoms with van der Waals surface area (Å²) < 4.78 is 5.93. The van der Waals surface area contributed by atoms with Crippen LogP contribution in [0.4, 0.5) is 10.5 Å². The summed E-state index contributed by atoms with van der Waals surface area (Å²) in [6.07, 6.45) is 4.58. The van der Waals surface area contributed by atoms with Crippen molar-refractivity contribution in [2.45, 2.75) is 50.7 Å². The number of anilines is 1. The topological polar surface area (TPSA) is 53.1 Å². The Balaban J connectivity index is 1.38. The zero-order valence-corrected chi connectivity index (χ0v) is 17.2. The molecular formula is C21H28ClN3O3. The van der Waals surface area contributed by atoms with Crippen LogP contribution in [0.3, 0.4) is 0 Å². The fraction of sp³-hybridized carbons (Fsp3) is 0.619. The van der Waals surface area contributed by atoms with Crippen LogP contribution in [0.15, 0.2) is 24.3 Å². The largest absolute Gasteiger partial charge is 0.441 e. The van der Waals surface area contributed by atoms with Crippen molar-refractivity contribution in [3.8, 4) is 0 Å². The molecule has 152 valence electrons. The number of rotatable bonds is 2. The SMILES string of the molecule is CC(=O)N1CCC(N2CCCC3(CC2)CN(c2ccc(Cl)cc2)C(=O)O3)CC1. The Morgan fingerprint density at radius 1 is 1.11 bits per heavy atom. The lowest BCUT2D eigenvalue weighted by atomic mass is 9.94. The number of amides is 2. The van der Waals surface area contributed by atoms with Gasteiger partial charge in [-0.05, 0) is 56.5 Å². The molecule has 0 saturated carbocycles. The second kappa shape index (κ2) is 7.91. The number of hydrogen-bond donors (Lipinski definition) is 0. The van der Waals surface area contributed by atoms with Crippen molar-refractivity contribution in [2.24, 2.45) is 0 Å². The molecule has 0 aromatic heterocycles. The van der Waals surface area contributed by atoms with E-state index in [1.165, 1.54) is 0 Å². The summed E-state index contributed by atoms with van der Waals surface area (Å²) in [5, 5.41) is 0.659. The first-order valence-electron chi connectivity index (χ1n) is 10.2. The maximum absolute atomic E-state index is 12.5. The highest BCUT2D eigenvalue weighted by molar-refractivity contribution is 6.30. The molecule has 3 heterocycles.